The molecule has 0 aliphatic carbocycles. The van der Waals surface area contributed by atoms with E-state index in [0.717, 1.165) is 34.1 Å². The highest BCUT2D eigenvalue weighted by Gasteiger charge is 2.48. The first-order valence-corrected chi connectivity index (χ1v) is 17.1. The van der Waals surface area contributed by atoms with Gasteiger partial charge in [0.1, 0.15) is 23.7 Å². The molecule has 1 saturated heterocycles. The predicted molar refractivity (Wildman–Crippen MR) is 187 cm³/mol. The summed E-state index contributed by atoms with van der Waals surface area (Å²) in [6.45, 7) is -0.166. The summed E-state index contributed by atoms with van der Waals surface area (Å²) in [5, 5.41) is 17.0. The van der Waals surface area contributed by atoms with Gasteiger partial charge in [-0.3, -0.25) is 14.4 Å². The van der Waals surface area contributed by atoms with Crippen LogP contribution in [0.25, 0.3) is 28.6 Å². The lowest BCUT2D eigenvalue weighted by Gasteiger charge is -2.38. The second kappa shape index (κ2) is 13.1. The highest BCUT2D eigenvalue weighted by molar-refractivity contribution is 6.33. The Morgan fingerprint density at radius 1 is 1.04 bits per heavy atom. The van der Waals surface area contributed by atoms with Gasteiger partial charge in [0.15, 0.2) is 11.5 Å². The minimum absolute atomic E-state index is 0.0366. The van der Waals surface area contributed by atoms with Gasteiger partial charge in [0.2, 0.25) is 11.7 Å². The third-order valence-corrected chi connectivity index (χ3v) is 10.0. The van der Waals surface area contributed by atoms with Crippen molar-refractivity contribution >= 4 is 34.9 Å². The zero-order valence-electron chi connectivity index (χ0n) is 28.3. The van der Waals surface area contributed by atoms with Gasteiger partial charge in [-0.05, 0) is 43.2 Å². The molecule has 2 aliphatic heterocycles. The van der Waals surface area contributed by atoms with Crippen molar-refractivity contribution in [2.45, 2.75) is 37.8 Å². The second-order valence-electron chi connectivity index (χ2n) is 13.0. The van der Waals surface area contributed by atoms with E-state index in [4.69, 9.17) is 16.3 Å². The van der Waals surface area contributed by atoms with Crippen LogP contribution in [0.1, 0.15) is 40.2 Å². The molecule has 0 saturated carbocycles. The Bertz CT molecular complexity index is 2520. The molecule has 2 aromatic carbocycles. The van der Waals surface area contributed by atoms with Crippen molar-refractivity contribution < 1.29 is 32.6 Å². The summed E-state index contributed by atoms with van der Waals surface area (Å²) in [6, 6.07) is 12.8. The van der Waals surface area contributed by atoms with E-state index in [0.29, 0.717) is 11.3 Å². The van der Waals surface area contributed by atoms with Crippen LogP contribution in [0.5, 0.6) is 5.75 Å². The van der Waals surface area contributed by atoms with Crippen LogP contribution >= 0.6 is 11.6 Å². The number of ether oxygens (including phenoxy) is 1. The van der Waals surface area contributed by atoms with E-state index in [-0.39, 0.29) is 71.9 Å². The van der Waals surface area contributed by atoms with Crippen molar-refractivity contribution in [1.82, 2.24) is 38.6 Å². The van der Waals surface area contributed by atoms with Gasteiger partial charge in [-0.15, -0.1) is 5.10 Å². The summed E-state index contributed by atoms with van der Waals surface area (Å²) in [7, 11) is 1.87. The normalized spacial score (nSPS) is 15.2. The van der Waals surface area contributed by atoms with E-state index in [9.17, 15) is 32.7 Å². The molecule has 276 valence electrons. The Kier molecular flexibility index (Phi) is 8.49. The van der Waals surface area contributed by atoms with Crippen molar-refractivity contribution in [1.29, 1.82) is 0 Å². The van der Waals surface area contributed by atoms with Crippen LogP contribution in [0.3, 0.4) is 0 Å². The maximum absolute atomic E-state index is 14.4. The maximum atomic E-state index is 14.4. The Morgan fingerprint density at radius 2 is 1.78 bits per heavy atom. The number of nitrogens with zero attached hydrogens (tertiary/aromatic N) is 8. The van der Waals surface area contributed by atoms with Gasteiger partial charge in [-0.25, -0.2) is 9.97 Å². The first kappa shape index (κ1) is 35.0. The minimum Gasteiger partial charge on any atom is -0.505 e. The molecular weight excluding hydrogens is 731 g/mol. The number of halogens is 4. The van der Waals surface area contributed by atoms with Crippen LogP contribution in [0.4, 0.5) is 18.9 Å². The van der Waals surface area contributed by atoms with Gasteiger partial charge < -0.3 is 29.2 Å². The Labute approximate surface area is 308 Å². The van der Waals surface area contributed by atoms with Gasteiger partial charge in [-0.1, -0.05) is 35.9 Å². The van der Waals surface area contributed by atoms with Gasteiger partial charge in [-0.2, -0.15) is 22.7 Å². The summed E-state index contributed by atoms with van der Waals surface area (Å²) in [6.07, 6.45) is 0.716. The molecule has 18 heteroatoms. The first-order valence-electron chi connectivity index (χ1n) is 16.7. The van der Waals surface area contributed by atoms with Crippen LogP contribution in [0.15, 0.2) is 78.0 Å². The van der Waals surface area contributed by atoms with E-state index in [1.807, 2.05) is 29.9 Å². The van der Waals surface area contributed by atoms with Crippen molar-refractivity contribution in [3.05, 3.63) is 111 Å². The number of aryl methyl sites for hydroxylation is 1. The van der Waals surface area contributed by atoms with E-state index >= 15 is 0 Å². The number of amides is 2. The smallest absolute Gasteiger partial charge is 0.416 e. The largest absolute Gasteiger partial charge is 0.505 e. The van der Waals surface area contributed by atoms with Crippen LogP contribution in [-0.4, -0.2) is 68.6 Å². The predicted octanol–water partition coefficient (Wildman–Crippen LogP) is 5.03. The van der Waals surface area contributed by atoms with Gasteiger partial charge in [0.05, 0.1) is 34.1 Å². The van der Waals surface area contributed by atoms with Crippen molar-refractivity contribution in [2.75, 3.05) is 18.4 Å². The molecule has 54 heavy (non-hydrogen) atoms. The van der Waals surface area contributed by atoms with E-state index in [1.54, 1.807) is 18.3 Å². The van der Waals surface area contributed by atoms with E-state index in [1.165, 1.54) is 27.8 Å². The molecule has 6 heterocycles. The topological polar surface area (TPSA) is 162 Å². The van der Waals surface area contributed by atoms with Crippen LogP contribution < -0.4 is 10.9 Å². The molecule has 2 amide bonds. The molecule has 8 rings (SSSR count). The fourth-order valence-corrected chi connectivity index (χ4v) is 7.22. The molecule has 1 fully saturated rings. The van der Waals surface area contributed by atoms with Gasteiger partial charge in [0, 0.05) is 49.9 Å². The number of carbonyl (C=O) groups is 2. The third-order valence-electron chi connectivity index (χ3n) is 9.73. The van der Waals surface area contributed by atoms with Crippen molar-refractivity contribution in [3.63, 3.8) is 0 Å². The molecule has 0 bridgehead atoms. The lowest BCUT2D eigenvalue weighted by Crippen LogP contribution is -2.47. The number of likely N-dealkylation sites (tertiary alicyclic amines) is 1. The average Bonchev–Trinajstić information content (AvgIpc) is 3.89. The second-order valence-corrected chi connectivity index (χ2v) is 13.4. The summed E-state index contributed by atoms with van der Waals surface area (Å²) in [4.78, 5) is 55.8. The number of hydrogen-bond donors (Lipinski definition) is 2. The van der Waals surface area contributed by atoms with E-state index < -0.39 is 41.3 Å². The molecule has 2 N–H and O–H groups in total. The summed E-state index contributed by atoms with van der Waals surface area (Å²) >= 11 is 6.13. The van der Waals surface area contributed by atoms with Crippen LogP contribution in [0.2, 0.25) is 5.02 Å². The number of aromatic hydroxyl groups is 1. The molecule has 2 aliphatic rings. The number of nitrogens with one attached hydrogen (secondary N) is 1. The molecule has 1 spiro atoms. The molecule has 0 atom stereocenters. The number of benzene rings is 2. The first-order chi connectivity index (χ1) is 25.8. The number of piperidine rings is 1. The molecular formula is C36H29ClF3N9O5. The van der Waals surface area contributed by atoms with E-state index in [2.05, 4.69) is 25.4 Å². The number of aromatic nitrogens is 7. The minimum atomic E-state index is -4.63. The Balaban J connectivity index is 1.16. The highest BCUT2D eigenvalue weighted by Crippen LogP contribution is 2.43. The molecule has 6 aromatic rings. The van der Waals surface area contributed by atoms with Crippen LogP contribution in [0, 0.1) is 0 Å². The molecule has 14 nitrogen and oxygen atoms in total. The number of carbonyl (C=O) groups excluding carboxylic acids is 2. The lowest BCUT2D eigenvalue weighted by molar-refractivity contribution is -0.137. The number of fused-ring (bicyclic) bond motifs is 3. The van der Waals surface area contributed by atoms with Crippen molar-refractivity contribution in [3.8, 4) is 28.5 Å². The number of imidazole rings is 1. The quantitative estimate of drug-likeness (QED) is 0.237. The number of rotatable bonds is 6. The Morgan fingerprint density at radius 3 is 2.44 bits per heavy atom. The zero-order valence-corrected chi connectivity index (χ0v) is 29.1. The standard InChI is InChI=1S/C36H29ClF3N9O5/c1-46-16-13-42-31(46)21-6-4-20(5-7-21)30-44-34-48(18-27(51)43-24-9-8-22(17-23(24)37)36(38,39)40)25-19-54-35(28(25)32(52)49(34)45-30)10-14-47(15-11-35)33(53)29-26(50)3-2-12-41-29/h2-9,12-13,16-17,50H,10-11,14-15,18-19H2,1H3,(H,43,51). The molecule has 4 aromatic heterocycles. The third kappa shape index (κ3) is 6.04. The Hall–Kier alpha value is -6.07. The number of anilines is 1. The number of pyridine rings is 1. The maximum Gasteiger partial charge on any atom is 0.416 e. The fourth-order valence-electron chi connectivity index (χ4n) is 6.99. The average molecular weight is 760 g/mol. The summed E-state index contributed by atoms with van der Waals surface area (Å²) in [5.74, 6) is -0.399. The molecule has 0 unspecified atom stereocenters. The van der Waals surface area contributed by atoms with Gasteiger partial charge in [0.25, 0.3) is 11.5 Å². The summed E-state index contributed by atoms with van der Waals surface area (Å²) < 4.78 is 50.6. The monoisotopic (exact) mass is 759 g/mol. The number of alkyl halides is 3. The summed E-state index contributed by atoms with van der Waals surface area (Å²) in [5.41, 5.74) is -0.707. The zero-order chi connectivity index (χ0) is 37.9. The van der Waals surface area contributed by atoms with Gasteiger partial charge >= 0.3 is 6.18 Å². The fraction of sp³-hybridized carbons (Fsp3) is 0.250. The number of hydrogen-bond acceptors (Lipinski definition) is 9. The lowest BCUT2D eigenvalue weighted by atomic mass is 9.85. The van der Waals surface area contributed by atoms with Crippen LogP contribution in [-0.2, 0) is 41.5 Å². The SMILES string of the molecule is Cn1ccnc1-c1ccc(-c2nc3n(CC(=O)Nc4ccc(C(F)(F)F)cc4Cl)c4c(c(=O)n3n2)C2(CCN(C(=O)c3ncccc3O)CC2)OC4)cc1. The highest BCUT2D eigenvalue weighted by atomic mass is 35.5. The van der Waals surface area contributed by atoms with Crippen molar-refractivity contribution in [2.24, 2.45) is 7.05 Å². The molecule has 0 radical (unpaired) electrons.